The minimum absolute atomic E-state index is 0.0590. The van der Waals surface area contributed by atoms with Gasteiger partial charge < -0.3 is 5.11 Å². The molecule has 3 rings (SSSR count). The summed E-state index contributed by atoms with van der Waals surface area (Å²) in [4.78, 5) is 3.41. The lowest BCUT2D eigenvalue weighted by Gasteiger charge is -1.98. The summed E-state index contributed by atoms with van der Waals surface area (Å²) in [6.07, 6.45) is 0. The molecule has 0 saturated carbocycles. The van der Waals surface area contributed by atoms with Crippen LogP contribution in [-0.2, 0) is 12.4 Å². The second kappa shape index (κ2) is 8.94. The van der Waals surface area contributed by atoms with E-state index in [-0.39, 0.29) is 6.61 Å². The molecule has 0 spiro atoms. The summed E-state index contributed by atoms with van der Waals surface area (Å²) in [7, 11) is 0. The standard InChI is InChI=1S/C10H10N2S2.C4H6N2OS/c1-8-10(14-12-11-8)7-13-9-5-3-2-4-6-9;1-3-4(2-7)8-6-5-3/h2-6H,7H2,1H3;7H,2H2,1H3. The SMILES string of the molecule is Cc1nnsc1CO.Cc1nnsc1CSc1ccccc1. The number of aliphatic hydroxyl groups excluding tert-OH is 1. The average Bonchev–Trinajstić information content (AvgIpc) is 3.15. The number of hydrogen-bond acceptors (Lipinski definition) is 8. The minimum atomic E-state index is 0.0590. The molecule has 0 radical (unpaired) electrons. The van der Waals surface area contributed by atoms with Crippen molar-refractivity contribution < 1.29 is 5.11 Å². The van der Waals surface area contributed by atoms with Gasteiger partial charge in [0.15, 0.2) is 0 Å². The van der Waals surface area contributed by atoms with Gasteiger partial charge in [0.05, 0.1) is 27.7 Å². The van der Waals surface area contributed by atoms with Crippen LogP contribution in [-0.4, -0.2) is 24.3 Å². The van der Waals surface area contributed by atoms with E-state index in [1.54, 1.807) is 0 Å². The molecule has 0 fully saturated rings. The third-order valence-corrected chi connectivity index (χ3v) is 5.60. The number of aryl methyl sites for hydroxylation is 2. The lowest BCUT2D eigenvalue weighted by atomic mass is 10.4. The zero-order valence-corrected chi connectivity index (χ0v) is 14.7. The van der Waals surface area contributed by atoms with Crippen LogP contribution in [0.25, 0.3) is 0 Å². The van der Waals surface area contributed by atoms with Crippen molar-refractivity contribution in [3.63, 3.8) is 0 Å². The summed E-state index contributed by atoms with van der Waals surface area (Å²) < 4.78 is 7.54. The van der Waals surface area contributed by atoms with Crippen molar-refractivity contribution in [1.29, 1.82) is 0 Å². The van der Waals surface area contributed by atoms with E-state index >= 15 is 0 Å². The molecule has 2 aromatic heterocycles. The predicted octanol–water partition coefficient (Wildman–Crippen LogP) is 3.48. The average molecular weight is 353 g/mol. The van der Waals surface area contributed by atoms with Crippen molar-refractivity contribution in [2.75, 3.05) is 0 Å². The molecule has 3 aromatic rings. The monoisotopic (exact) mass is 352 g/mol. The maximum atomic E-state index is 8.54. The molecule has 2 heterocycles. The second-order valence-corrected chi connectivity index (χ2v) is 7.05. The van der Waals surface area contributed by atoms with Crippen LogP contribution in [0.15, 0.2) is 35.2 Å². The highest BCUT2D eigenvalue weighted by Crippen LogP contribution is 2.24. The molecular weight excluding hydrogens is 336 g/mol. The predicted molar refractivity (Wildman–Crippen MR) is 91.2 cm³/mol. The topological polar surface area (TPSA) is 71.8 Å². The first-order valence-corrected chi connectivity index (χ1v) is 9.08. The van der Waals surface area contributed by atoms with Crippen LogP contribution in [0.3, 0.4) is 0 Å². The Kier molecular flexibility index (Phi) is 6.91. The lowest BCUT2D eigenvalue weighted by Crippen LogP contribution is -1.80. The molecule has 0 aliphatic heterocycles. The highest BCUT2D eigenvalue weighted by Gasteiger charge is 2.03. The molecule has 5 nitrogen and oxygen atoms in total. The van der Waals surface area contributed by atoms with E-state index in [1.165, 1.54) is 32.8 Å². The van der Waals surface area contributed by atoms with Gasteiger partial charge in [-0.2, -0.15) is 0 Å². The fourth-order valence-electron chi connectivity index (χ4n) is 1.45. The van der Waals surface area contributed by atoms with Gasteiger partial charge in [0.2, 0.25) is 0 Å². The molecule has 8 heteroatoms. The van der Waals surface area contributed by atoms with Crippen LogP contribution >= 0.6 is 34.8 Å². The van der Waals surface area contributed by atoms with Crippen LogP contribution in [0, 0.1) is 13.8 Å². The van der Waals surface area contributed by atoms with E-state index in [2.05, 4.69) is 43.4 Å². The van der Waals surface area contributed by atoms with E-state index in [0.717, 1.165) is 22.0 Å². The first-order valence-electron chi connectivity index (χ1n) is 6.55. The molecule has 0 aliphatic rings. The van der Waals surface area contributed by atoms with Gasteiger partial charge in [-0.05, 0) is 49.0 Å². The molecule has 0 bridgehead atoms. The van der Waals surface area contributed by atoms with Gasteiger partial charge in [-0.3, -0.25) is 0 Å². The Labute approximate surface area is 141 Å². The van der Waals surface area contributed by atoms with E-state index in [4.69, 9.17) is 5.11 Å². The number of aliphatic hydroxyl groups is 1. The van der Waals surface area contributed by atoms with Crippen LogP contribution in [0.2, 0.25) is 0 Å². The molecule has 116 valence electrons. The second-order valence-electron chi connectivity index (χ2n) is 4.32. The van der Waals surface area contributed by atoms with Crippen molar-refractivity contribution in [3.05, 3.63) is 51.5 Å². The Bertz CT molecular complexity index is 684. The number of benzene rings is 1. The largest absolute Gasteiger partial charge is 0.391 e. The summed E-state index contributed by atoms with van der Waals surface area (Å²) in [6, 6.07) is 10.4. The van der Waals surface area contributed by atoms with Crippen LogP contribution in [0.5, 0.6) is 0 Å². The molecular formula is C14H16N4OS3. The smallest absolute Gasteiger partial charge is 0.0809 e. The molecule has 1 N–H and O–H groups in total. The summed E-state index contributed by atoms with van der Waals surface area (Å²) >= 11 is 4.55. The van der Waals surface area contributed by atoms with E-state index < -0.39 is 0 Å². The lowest BCUT2D eigenvalue weighted by molar-refractivity contribution is 0.284. The molecule has 1 aromatic carbocycles. The van der Waals surface area contributed by atoms with Gasteiger partial charge in [-0.15, -0.1) is 22.0 Å². The molecule has 0 atom stereocenters. The van der Waals surface area contributed by atoms with E-state index in [0.29, 0.717) is 0 Å². The van der Waals surface area contributed by atoms with Crippen LogP contribution < -0.4 is 0 Å². The van der Waals surface area contributed by atoms with Gasteiger partial charge in [-0.25, -0.2) is 0 Å². The number of nitrogens with zero attached hydrogens (tertiary/aromatic N) is 4. The van der Waals surface area contributed by atoms with Gasteiger partial charge in [0, 0.05) is 10.6 Å². The molecule has 0 aliphatic carbocycles. The summed E-state index contributed by atoms with van der Waals surface area (Å²) in [5.74, 6) is 0.966. The summed E-state index contributed by atoms with van der Waals surface area (Å²) in [5.41, 5.74) is 1.89. The summed E-state index contributed by atoms with van der Waals surface area (Å²) in [6.45, 7) is 3.89. The normalized spacial score (nSPS) is 10.1. The molecule has 0 saturated heterocycles. The third-order valence-electron chi connectivity index (χ3n) is 2.75. The van der Waals surface area contributed by atoms with Gasteiger partial charge in [0.25, 0.3) is 0 Å². The Balaban J connectivity index is 0.000000188. The number of hydrogen-bond donors (Lipinski definition) is 1. The Morgan fingerprint density at radius 3 is 2.00 bits per heavy atom. The molecule has 22 heavy (non-hydrogen) atoms. The molecule has 0 amide bonds. The fraction of sp³-hybridized carbons (Fsp3) is 0.286. The van der Waals surface area contributed by atoms with Crippen molar-refractivity contribution in [1.82, 2.24) is 19.2 Å². The third kappa shape index (κ3) is 5.13. The Morgan fingerprint density at radius 1 is 0.955 bits per heavy atom. The van der Waals surface area contributed by atoms with E-state index in [9.17, 15) is 0 Å². The number of aromatic nitrogens is 4. The Morgan fingerprint density at radius 2 is 1.55 bits per heavy atom. The first kappa shape index (κ1) is 17.0. The molecule has 0 unspecified atom stereocenters. The minimum Gasteiger partial charge on any atom is -0.391 e. The zero-order valence-electron chi connectivity index (χ0n) is 12.3. The maximum absolute atomic E-state index is 8.54. The van der Waals surface area contributed by atoms with Crippen molar-refractivity contribution in [3.8, 4) is 0 Å². The quantitative estimate of drug-likeness (QED) is 0.725. The summed E-state index contributed by atoms with van der Waals surface area (Å²) in [5, 5.41) is 16.2. The highest BCUT2D eigenvalue weighted by atomic mass is 32.2. The van der Waals surface area contributed by atoms with Crippen molar-refractivity contribution in [2.24, 2.45) is 0 Å². The Hall–Kier alpha value is -1.35. The van der Waals surface area contributed by atoms with Crippen LogP contribution in [0.4, 0.5) is 0 Å². The van der Waals surface area contributed by atoms with Crippen LogP contribution in [0.1, 0.15) is 21.1 Å². The fourth-order valence-corrected chi connectivity index (χ4v) is 3.62. The van der Waals surface area contributed by atoms with Gasteiger partial charge in [-0.1, -0.05) is 27.2 Å². The number of rotatable bonds is 4. The highest BCUT2D eigenvalue weighted by molar-refractivity contribution is 7.98. The first-order chi connectivity index (χ1) is 10.7. The van der Waals surface area contributed by atoms with Gasteiger partial charge >= 0.3 is 0 Å². The van der Waals surface area contributed by atoms with Gasteiger partial charge in [0.1, 0.15) is 0 Å². The van der Waals surface area contributed by atoms with E-state index in [1.807, 2.05) is 31.7 Å². The van der Waals surface area contributed by atoms with Crippen molar-refractivity contribution in [2.45, 2.75) is 31.1 Å². The van der Waals surface area contributed by atoms with Crippen molar-refractivity contribution >= 4 is 34.8 Å². The number of thioether (sulfide) groups is 1. The maximum Gasteiger partial charge on any atom is 0.0809 e. The zero-order chi connectivity index (χ0) is 15.8.